The predicted molar refractivity (Wildman–Crippen MR) is 42.2 cm³/mol. The quantitative estimate of drug-likeness (QED) is 0.572. The molecule has 0 aromatic rings. The lowest BCUT2D eigenvalue weighted by atomic mass is 10.2. The summed E-state index contributed by atoms with van der Waals surface area (Å²) in [5, 5.41) is 0. The van der Waals surface area contributed by atoms with Crippen molar-refractivity contribution in [1.82, 2.24) is 0 Å². The smallest absolute Gasteiger partial charge is 0.0174 e. The maximum atomic E-state index is 5.43. The highest BCUT2D eigenvalue weighted by Crippen LogP contribution is 1.95. The van der Waals surface area contributed by atoms with Gasteiger partial charge in [-0.2, -0.15) is 0 Å². The molecule has 0 heterocycles. The van der Waals surface area contributed by atoms with Gasteiger partial charge < -0.3 is 5.73 Å². The fraction of sp³-hybridized carbons (Fsp3) is 0.500. The highest BCUT2D eigenvalue weighted by molar-refractivity contribution is 5.18. The van der Waals surface area contributed by atoms with Gasteiger partial charge in [0.15, 0.2) is 0 Å². The van der Waals surface area contributed by atoms with Gasteiger partial charge in [0.25, 0.3) is 0 Å². The normalized spacial score (nSPS) is 13.0. The van der Waals surface area contributed by atoms with Gasteiger partial charge in [0.2, 0.25) is 0 Å². The molecule has 0 fully saturated rings. The molecule has 0 aromatic carbocycles. The van der Waals surface area contributed by atoms with Crippen LogP contribution >= 0.6 is 0 Å². The van der Waals surface area contributed by atoms with Crippen LogP contribution in [0.25, 0.3) is 0 Å². The van der Waals surface area contributed by atoms with Gasteiger partial charge in [-0.1, -0.05) is 25.2 Å². The Morgan fingerprint density at radius 1 is 1.56 bits per heavy atom. The van der Waals surface area contributed by atoms with Gasteiger partial charge >= 0.3 is 0 Å². The first-order valence-electron chi connectivity index (χ1n) is 3.37. The molecule has 0 saturated heterocycles. The van der Waals surface area contributed by atoms with E-state index in [-0.39, 0.29) is 0 Å². The third-order valence-electron chi connectivity index (χ3n) is 1.08. The average Bonchev–Trinajstić information content (AvgIpc) is 1.88. The lowest BCUT2D eigenvalue weighted by Crippen LogP contribution is -2.00. The lowest BCUT2D eigenvalue weighted by molar-refractivity contribution is 1.12. The summed E-state index contributed by atoms with van der Waals surface area (Å²) in [6, 6.07) is 0. The second kappa shape index (κ2) is 5.57. The number of rotatable bonds is 3. The molecule has 2 N–H and O–H groups in total. The second-order valence-electron chi connectivity index (χ2n) is 1.89. The summed E-state index contributed by atoms with van der Waals surface area (Å²) < 4.78 is 0. The van der Waals surface area contributed by atoms with Crippen LogP contribution in [0.1, 0.15) is 20.3 Å². The molecule has 0 bridgehead atoms. The molecule has 0 amide bonds. The monoisotopic (exact) mass is 125 g/mol. The van der Waals surface area contributed by atoms with E-state index in [1.807, 2.05) is 19.1 Å². The van der Waals surface area contributed by atoms with Gasteiger partial charge in [0.05, 0.1) is 0 Å². The zero-order valence-corrected chi connectivity index (χ0v) is 6.22. The van der Waals surface area contributed by atoms with Crippen molar-refractivity contribution in [3.63, 3.8) is 0 Å². The molecule has 0 aliphatic rings. The Morgan fingerprint density at radius 2 is 2.22 bits per heavy atom. The maximum Gasteiger partial charge on any atom is 0.0174 e. The zero-order chi connectivity index (χ0) is 7.11. The van der Waals surface area contributed by atoms with Gasteiger partial charge in [-0.25, -0.2) is 0 Å². The number of hydrogen-bond donors (Lipinski definition) is 1. The van der Waals surface area contributed by atoms with E-state index in [4.69, 9.17) is 5.73 Å². The van der Waals surface area contributed by atoms with E-state index >= 15 is 0 Å². The average molecular weight is 125 g/mol. The Kier molecular flexibility index (Phi) is 5.23. The first-order valence-corrected chi connectivity index (χ1v) is 3.37. The van der Waals surface area contributed by atoms with Gasteiger partial charge in [0.1, 0.15) is 0 Å². The summed E-state index contributed by atoms with van der Waals surface area (Å²) in [7, 11) is 0. The van der Waals surface area contributed by atoms with Crippen LogP contribution in [0.5, 0.6) is 0 Å². The summed E-state index contributed by atoms with van der Waals surface area (Å²) in [5.74, 6) is 0. The first-order chi connectivity index (χ1) is 4.35. The molecule has 0 aliphatic carbocycles. The van der Waals surface area contributed by atoms with Gasteiger partial charge in [-0.05, 0) is 18.9 Å². The van der Waals surface area contributed by atoms with E-state index in [0.717, 1.165) is 6.42 Å². The molecule has 0 radical (unpaired) electrons. The Bertz CT molecular complexity index is 112. The summed E-state index contributed by atoms with van der Waals surface area (Å²) >= 11 is 0. The van der Waals surface area contributed by atoms with Crippen LogP contribution in [0.15, 0.2) is 23.8 Å². The van der Waals surface area contributed by atoms with Crippen molar-refractivity contribution in [1.29, 1.82) is 0 Å². The van der Waals surface area contributed by atoms with E-state index in [1.54, 1.807) is 0 Å². The van der Waals surface area contributed by atoms with Crippen molar-refractivity contribution in [3.8, 4) is 0 Å². The molecule has 0 unspecified atom stereocenters. The summed E-state index contributed by atoms with van der Waals surface area (Å²) in [5.41, 5.74) is 6.65. The Hall–Kier alpha value is -0.560. The largest absolute Gasteiger partial charge is 0.327 e. The van der Waals surface area contributed by atoms with Crippen molar-refractivity contribution < 1.29 is 0 Å². The molecule has 0 rings (SSSR count). The number of nitrogens with two attached hydrogens (primary N) is 1. The number of allylic oxidation sites excluding steroid dienone is 2. The molecule has 1 nitrogen and oxygen atoms in total. The highest BCUT2D eigenvalue weighted by Gasteiger charge is 1.82. The standard InChI is InChI=1S/C8H15N/c1-3-5-8(7-9)6-4-2/h3,5-6H,4,7,9H2,1-2H3/b5-3-,8-6+. The number of hydrogen-bond acceptors (Lipinski definition) is 1. The molecular formula is C8H15N. The van der Waals surface area contributed by atoms with Crippen molar-refractivity contribution >= 4 is 0 Å². The van der Waals surface area contributed by atoms with E-state index in [1.165, 1.54) is 5.57 Å². The Labute approximate surface area is 57.3 Å². The molecule has 1 heteroatoms. The molecule has 0 atom stereocenters. The molecular weight excluding hydrogens is 110 g/mol. The van der Waals surface area contributed by atoms with Gasteiger partial charge in [0, 0.05) is 6.54 Å². The lowest BCUT2D eigenvalue weighted by Gasteiger charge is -1.92. The Morgan fingerprint density at radius 3 is 2.56 bits per heavy atom. The van der Waals surface area contributed by atoms with Crippen LogP contribution in [0.3, 0.4) is 0 Å². The molecule has 9 heavy (non-hydrogen) atoms. The zero-order valence-electron chi connectivity index (χ0n) is 6.22. The molecule has 0 spiro atoms. The van der Waals surface area contributed by atoms with Crippen LogP contribution in [-0.4, -0.2) is 6.54 Å². The summed E-state index contributed by atoms with van der Waals surface area (Å²) in [6.07, 6.45) is 7.26. The first kappa shape index (κ1) is 8.44. The van der Waals surface area contributed by atoms with Crippen molar-refractivity contribution in [2.24, 2.45) is 5.73 Å². The Balaban J connectivity index is 3.81. The molecule has 0 aliphatic heterocycles. The van der Waals surface area contributed by atoms with E-state index in [0.29, 0.717) is 6.54 Å². The SMILES string of the molecule is C/C=C\C(=C/CC)CN. The van der Waals surface area contributed by atoms with Gasteiger partial charge in [-0.15, -0.1) is 0 Å². The van der Waals surface area contributed by atoms with E-state index in [2.05, 4.69) is 13.0 Å². The fourth-order valence-electron chi connectivity index (χ4n) is 0.696. The summed E-state index contributed by atoms with van der Waals surface area (Å²) in [4.78, 5) is 0. The minimum Gasteiger partial charge on any atom is -0.327 e. The molecule has 0 aromatic heterocycles. The van der Waals surface area contributed by atoms with E-state index < -0.39 is 0 Å². The minimum absolute atomic E-state index is 0.651. The summed E-state index contributed by atoms with van der Waals surface area (Å²) in [6.45, 7) is 4.76. The minimum atomic E-state index is 0.651. The molecule has 0 saturated carbocycles. The predicted octanol–water partition coefficient (Wildman–Crippen LogP) is 1.86. The highest BCUT2D eigenvalue weighted by atomic mass is 14.5. The topological polar surface area (TPSA) is 26.0 Å². The van der Waals surface area contributed by atoms with Crippen molar-refractivity contribution in [2.75, 3.05) is 6.54 Å². The maximum absolute atomic E-state index is 5.43. The second-order valence-corrected chi connectivity index (χ2v) is 1.89. The van der Waals surface area contributed by atoms with Crippen molar-refractivity contribution in [2.45, 2.75) is 20.3 Å². The van der Waals surface area contributed by atoms with E-state index in [9.17, 15) is 0 Å². The molecule has 52 valence electrons. The van der Waals surface area contributed by atoms with Crippen LogP contribution in [0.2, 0.25) is 0 Å². The third kappa shape index (κ3) is 3.98. The van der Waals surface area contributed by atoms with Crippen LogP contribution in [0, 0.1) is 0 Å². The van der Waals surface area contributed by atoms with Crippen LogP contribution < -0.4 is 5.73 Å². The van der Waals surface area contributed by atoms with Gasteiger partial charge in [-0.3, -0.25) is 0 Å². The van der Waals surface area contributed by atoms with Crippen molar-refractivity contribution in [3.05, 3.63) is 23.8 Å². The fourth-order valence-corrected chi connectivity index (χ4v) is 0.696. The third-order valence-corrected chi connectivity index (χ3v) is 1.08. The van der Waals surface area contributed by atoms with Crippen LogP contribution in [0.4, 0.5) is 0 Å². The van der Waals surface area contributed by atoms with Crippen LogP contribution in [-0.2, 0) is 0 Å².